The number of carboxylic acid groups (broad SMARTS) is 1. The highest BCUT2D eigenvalue weighted by Gasteiger charge is 2.18. The predicted molar refractivity (Wildman–Crippen MR) is 58.8 cm³/mol. The maximum atomic E-state index is 13.4. The van der Waals surface area contributed by atoms with Crippen LogP contribution in [0.4, 0.5) is 4.39 Å². The second-order valence-electron chi connectivity index (χ2n) is 3.19. The summed E-state index contributed by atoms with van der Waals surface area (Å²) in [5.41, 5.74) is 0.528. The van der Waals surface area contributed by atoms with Gasteiger partial charge in [-0.3, -0.25) is 4.79 Å². The monoisotopic (exact) mass is 228 g/mol. The van der Waals surface area contributed by atoms with E-state index < -0.39 is 11.9 Å². The van der Waals surface area contributed by atoms with E-state index in [1.54, 1.807) is 25.3 Å². The van der Waals surface area contributed by atoms with E-state index in [-0.39, 0.29) is 5.82 Å². The van der Waals surface area contributed by atoms with Crippen LogP contribution in [0.2, 0.25) is 0 Å². The van der Waals surface area contributed by atoms with Gasteiger partial charge in [-0.1, -0.05) is 13.0 Å². The molecule has 0 amide bonds. The highest BCUT2D eigenvalue weighted by molar-refractivity contribution is 7.98. The van der Waals surface area contributed by atoms with Gasteiger partial charge in [-0.05, 0) is 30.4 Å². The van der Waals surface area contributed by atoms with Crippen molar-refractivity contribution in [2.45, 2.75) is 24.2 Å². The number of aliphatic carboxylic acids is 1. The summed E-state index contributed by atoms with van der Waals surface area (Å²) in [5, 5.41) is 8.92. The van der Waals surface area contributed by atoms with Crippen molar-refractivity contribution < 1.29 is 14.3 Å². The molecule has 0 bridgehead atoms. The molecule has 0 spiro atoms. The highest BCUT2D eigenvalue weighted by Crippen LogP contribution is 2.25. The summed E-state index contributed by atoms with van der Waals surface area (Å²) in [6.45, 7) is 1.78. The van der Waals surface area contributed by atoms with Gasteiger partial charge in [0, 0.05) is 4.90 Å². The van der Waals surface area contributed by atoms with Crippen molar-refractivity contribution in [1.29, 1.82) is 0 Å². The van der Waals surface area contributed by atoms with Crippen molar-refractivity contribution in [2.75, 3.05) is 6.26 Å². The van der Waals surface area contributed by atoms with Gasteiger partial charge in [0.1, 0.15) is 5.82 Å². The first-order valence-electron chi connectivity index (χ1n) is 4.66. The first kappa shape index (κ1) is 12.0. The Labute approximate surface area is 92.5 Å². The molecule has 0 aliphatic rings. The SMILES string of the molecule is CCC(C(=O)O)c1ccc(SC)c(F)c1. The van der Waals surface area contributed by atoms with Crippen LogP contribution in [-0.2, 0) is 4.79 Å². The van der Waals surface area contributed by atoms with E-state index in [0.717, 1.165) is 0 Å². The summed E-state index contributed by atoms with van der Waals surface area (Å²) in [6, 6.07) is 4.62. The maximum Gasteiger partial charge on any atom is 0.310 e. The molecule has 1 atom stereocenters. The zero-order valence-corrected chi connectivity index (χ0v) is 9.47. The fourth-order valence-corrected chi connectivity index (χ4v) is 1.91. The Morgan fingerprint density at radius 2 is 2.27 bits per heavy atom. The number of benzene rings is 1. The molecule has 0 aromatic heterocycles. The maximum absolute atomic E-state index is 13.4. The van der Waals surface area contributed by atoms with Crippen molar-refractivity contribution in [2.24, 2.45) is 0 Å². The zero-order valence-electron chi connectivity index (χ0n) is 8.66. The average Bonchev–Trinajstić information content (AvgIpc) is 2.18. The molecule has 0 heterocycles. The van der Waals surface area contributed by atoms with E-state index in [1.165, 1.54) is 17.8 Å². The molecule has 1 unspecified atom stereocenters. The van der Waals surface area contributed by atoms with Gasteiger partial charge < -0.3 is 5.11 Å². The Hall–Kier alpha value is -1.03. The number of rotatable bonds is 4. The van der Waals surface area contributed by atoms with Gasteiger partial charge in [-0.2, -0.15) is 0 Å². The van der Waals surface area contributed by atoms with Gasteiger partial charge in [0.2, 0.25) is 0 Å². The van der Waals surface area contributed by atoms with Gasteiger partial charge in [-0.25, -0.2) is 4.39 Å². The molecule has 1 rings (SSSR count). The molecule has 1 aromatic rings. The molecule has 15 heavy (non-hydrogen) atoms. The van der Waals surface area contributed by atoms with Crippen LogP contribution in [0, 0.1) is 5.82 Å². The van der Waals surface area contributed by atoms with Crippen molar-refractivity contribution >= 4 is 17.7 Å². The van der Waals surface area contributed by atoms with Crippen molar-refractivity contribution in [3.63, 3.8) is 0 Å². The predicted octanol–water partition coefficient (Wildman–Crippen LogP) is 3.13. The molecule has 82 valence electrons. The van der Waals surface area contributed by atoms with Crippen molar-refractivity contribution in [1.82, 2.24) is 0 Å². The third-order valence-electron chi connectivity index (χ3n) is 2.28. The number of hydrogen-bond donors (Lipinski definition) is 1. The summed E-state index contributed by atoms with van der Waals surface area (Å²) < 4.78 is 13.4. The molecule has 1 N–H and O–H groups in total. The van der Waals surface area contributed by atoms with Crippen LogP contribution in [-0.4, -0.2) is 17.3 Å². The Morgan fingerprint density at radius 3 is 2.67 bits per heavy atom. The van der Waals surface area contributed by atoms with E-state index in [4.69, 9.17) is 5.11 Å². The highest BCUT2D eigenvalue weighted by atomic mass is 32.2. The Bertz CT molecular complexity index is 366. The van der Waals surface area contributed by atoms with Crippen LogP contribution < -0.4 is 0 Å². The average molecular weight is 228 g/mol. The lowest BCUT2D eigenvalue weighted by Crippen LogP contribution is -2.10. The van der Waals surface area contributed by atoms with Crippen LogP contribution in [0.15, 0.2) is 23.1 Å². The van der Waals surface area contributed by atoms with Crippen LogP contribution in [0.25, 0.3) is 0 Å². The number of carboxylic acids is 1. The molecular formula is C11H13FO2S. The van der Waals surface area contributed by atoms with E-state index in [9.17, 15) is 9.18 Å². The van der Waals surface area contributed by atoms with Crippen molar-refractivity contribution in [3.05, 3.63) is 29.6 Å². The van der Waals surface area contributed by atoms with Gasteiger partial charge in [0.05, 0.1) is 5.92 Å². The number of halogens is 1. The largest absolute Gasteiger partial charge is 0.481 e. The lowest BCUT2D eigenvalue weighted by Gasteiger charge is -2.10. The molecule has 0 radical (unpaired) electrons. The summed E-state index contributed by atoms with van der Waals surface area (Å²) in [5.74, 6) is -1.87. The summed E-state index contributed by atoms with van der Waals surface area (Å²) in [7, 11) is 0. The lowest BCUT2D eigenvalue weighted by atomic mass is 9.97. The second kappa shape index (κ2) is 5.16. The van der Waals surface area contributed by atoms with E-state index in [1.807, 2.05) is 0 Å². The van der Waals surface area contributed by atoms with Crippen molar-refractivity contribution in [3.8, 4) is 0 Å². The number of hydrogen-bond acceptors (Lipinski definition) is 2. The molecule has 0 saturated carbocycles. The van der Waals surface area contributed by atoms with Gasteiger partial charge in [-0.15, -0.1) is 11.8 Å². The van der Waals surface area contributed by atoms with E-state index in [0.29, 0.717) is 16.9 Å². The minimum Gasteiger partial charge on any atom is -0.481 e. The molecule has 1 aromatic carbocycles. The zero-order chi connectivity index (χ0) is 11.4. The fourth-order valence-electron chi connectivity index (χ4n) is 1.45. The standard InChI is InChI=1S/C11H13FO2S/c1-3-8(11(13)14)7-4-5-10(15-2)9(12)6-7/h4-6,8H,3H2,1-2H3,(H,13,14). The van der Waals surface area contributed by atoms with E-state index >= 15 is 0 Å². The van der Waals surface area contributed by atoms with E-state index in [2.05, 4.69) is 0 Å². The Morgan fingerprint density at radius 1 is 1.60 bits per heavy atom. The van der Waals surface area contributed by atoms with Crippen LogP contribution >= 0.6 is 11.8 Å². The second-order valence-corrected chi connectivity index (χ2v) is 4.04. The smallest absolute Gasteiger partial charge is 0.310 e. The molecule has 2 nitrogen and oxygen atoms in total. The first-order valence-corrected chi connectivity index (χ1v) is 5.88. The van der Waals surface area contributed by atoms with Gasteiger partial charge in [0.15, 0.2) is 0 Å². The molecular weight excluding hydrogens is 215 g/mol. The molecule has 0 fully saturated rings. The minimum absolute atomic E-state index is 0.347. The quantitative estimate of drug-likeness (QED) is 0.804. The van der Waals surface area contributed by atoms with Crippen LogP contribution in [0.3, 0.4) is 0 Å². The fraction of sp³-hybridized carbons (Fsp3) is 0.364. The van der Waals surface area contributed by atoms with Gasteiger partial charge >= 0.3 is 5.97 Å². The first-order chi connectivity index (χ1) is 7.10. The third kappa shape index (κ3) is 2.72. The molecule has 0 saturated heterocycles. The number of thioether (sulfide) groups is 1. The molecule has 0 aliphatic carbocycles. The summed E-state index contributed by atoms with van der Waals surface area (Å²) >= 11 is 1.31. The molecule has 4 heteroatoms. The Balaban J connectivity index is 3.05. The minimum atomic E-state index is -0.909. The summed E-state index contributed by atoms with van der Waals surface area (Å²) in [6.07, 6.45) is 2.25. The van der Waals surface area contributed by atoms with Crippen LogP contribution in [0.1, 0.15) is 24.8 Å². The topological polar surface area (TPSA) is 37.3 Å². The lowest BCUT2D eigenvalue weighted by molar-refractivity contribution is -0.138. The number of carbonyl (C=O) groups is 1. The van der Waals surface area contributed by atoms with Gasteiger partial charge in [0.25, 0.3) is 0 Å². The van der Waals surface area contributed by atoms with Crippen LogP contribution in [0.5, 0.6) is 0 Å². The normalized spacial score (nSPS) is 12.5. The third-order valence-corrected chi connectivity index (χ3v) is 3.06. The molecule has 0 aliphatic heterocycles. The Kier molecular flexibility index (Phi) is 4.15. The summed E-state index contributed by atoms with van der Waals surface area (Å²) in [4.78, 5) is 11.4.